The lowest BCUT2D eigenvalue weighted by atomic mass is 10.1. The van der Waals surface area contributed by atoms with Crippen LogP contribution in [0.15, 0.2) is 95.2 Å². The Morgan fingerprint density at radius 2 is 0.844 bits per heavy atom. The number of hydrogen-bond donors (Lipinski definition) is 0. The smallest absolute Gasteiger partial charge is 0.169 e. The molecule has 0 atom stereocenters. The largest absolute Gasteiger partial charge is 0.320 e. The molecule has 4 nitrogen and oxygen atoms in total. The molecule has 0 aromatic heterocycles. The molecule has 0 spiro atoms. The SMILES string of the molecule is C[Si](C)(C)N(Cc1ccccc1)N=C1C=CC(=NN(Cc2ccccc2)[Si](C)(C)C)C=C1. The van der Waals surface area contributed by atoms with E-state index in [-0.39, 0.29) is 0 Å². The summed E-state index contributed by atoms with van der Waals surface area (Å²) < 4.78 is 4.58. The highest BCUT2D eigenvalue weighted by atomic mass is 28.3. The van der Waals surface area contributed by atoms with Gasteiger partial charge in [-0.2, -0.15) is 10.2 Å². The summed E-state index contributed by atoms with van der Waals surface area (Å²) in [5.74, 6) is 0. The lowest BCUT2D eigenvalue weighted by Gasteiger charge is -2.33. The first-order valence-corrected chi connectivity index (χ1v) is 18.2. The van der Waals surface area contributed by atoms with E-state index in [9.17, 15) is 0 Å². The van der Waals surface area contributed by atoms with Crippen molar-refractivity contribution < 1.29 is 0 Å². The summed E-state index contributed by atoms with van der Waals surface area (Å²) in [6.45, 7) is 15.7. The van der Waals surface area contributed by atoms with Gasteiger partial charge in [-0.3, -0.25) is 0 Å². The van der Waals surface area contributed by atoms with Crippen LogP contribution in [0.5, 0.6) is 0 Å². The molecule has 0 bridgehead atoms. The second-order valence-corrected chi connectivity index (χ2v) is 19.9. The van der Waals surface area contributed by atoms with Crippen molar-refractivity contribution >= 4 is 27.9 Å². The van der Waals surface area contributed by atoms with Crippen LogP contribution in [-0.4, -0.2) is 37.2 Å². The third-order valence-electron chi connectivity index (χ3n) is 5.22. The van der Waals surface area contributed by atoms with Crippen LogP contribution >= 0.6 is 0 Å². The standard InChI is InChI=1S/C26H36N4Si2/c1-31(2,3)29(21-23-13-9-7-10-14-23)27-25-17-19-26(20-18-25)28-30(32(4,5)6)22-24-15-11-8-12-16-24/h7-20H,21-22H2,1-6H3. The topological polar surface area (TPSA) is 31.2 Å². The molecule has 1 aliphatic rings. The van der Waals surface area contributed by atoms with Crippen LogP contribution in [-0.2, 0) is 13.1 Å². The van der Waals surface area contributed by atoms with Crippen molar-refractivity contribution in [1.82, 2.24) is 9.35 Å². The van der Waals surface area contributed by atoms with Crippen molar-refractivity contribution in [3.8, 4) is 0 Å². The van der Waals surface area contributed by atoms with Gasteiger partial charge < -0.3 is 9.35 Å². The Balaban J connectivity index is 1.77. The van der Waals surface area contributed by atoms with E-state index in [1.54, 1.807) is 0 Å². The first-order valence-electron chi connectivity index (χ1n) is 11.3. The lowest BCUT2D eigenvalue weighted by Crippen LogP contribution is -2.42. The van der Waals surface area contributed by atoms with Gasteiger partial charge >= 0.3 is 0 Å². The molecule has 0 N–H and O–H groups in total. The molecule has 0 amide bonds. The van der Waals surface area contributed by atoms with Crippen LogP contribution in [0.4, 0.5) is 0 Å². The van der Waals surface area contributed by atoms with Gasteiger partial charge in [0.1, 0.15) is 0 Å². The number of hydrazone groups is 2. The summed E-state index contributed by atoms with van der Waals surface area (Å²) in [7, 11) is -3.24. The van der Waals surface area contributed by atoms with E-state index in [1.807, 2.05) is 0 Å². The van der Waals surface area contributed by atoms with E-state index in [4.69, 9.17) is 10.2 Å². The zero-order valence-electron chi connectivity index (χ0n) is 20.3. The van der Waals surface area contributed by atoms with E-state index >= 15 is 0 Å². The number of benzene rings is 2. The van der Waals surface area contributed by atoms with Crippen LogP contribution in [0.1, 0.15) is 11.1 Å². The summed E-state index contributed by atoms with van der Waals surface area (Å²) in [5.41, 5.74) is 4.53. The highest BCUT2D eigenvalue weighted by molar-refractivity contribution is 6.73. The fraction of sp³-hybridized carbons (Fsp3) is 0.308. The summed E-state index contributed by atoms with van der Waals surface area (Å²) in [6, 6.07) is 21.2. The maximum absolute atomic E-state index is 5.01. The fourth-order valence-corrected chi connectivity index (χ4v) is 5.37. The van der Waals surface area contributed by atoms with Gasteiger partial charge in [0.2, 0.25) is 0 Å². The summed E-state index contributed by atoms with van der Waals surface area (Å²) in [5, 5.41) is 10.0. The minimum atomic E-state index is -1.62. The molecular formula is C26H36N4Si2. The van der Waals surface area contributed by atoms with Gasteiger partial charge in [0, 0.05) is 0 Å². The Kier molecular flexibility index (Phi) is 7.69. The Morgan fingerprint density at radius 3 is 1.12 bits per heavy atom. The van der Waals surface area contributed by atoms with E-state index < -0.39 is 16.5 Å². The minimum absolute atomic E-state index is 0.836. The average molecular weight is 461 g/mol. The molecule has 1 aliphatic carbocycles. The Morgan fingerprint density at radius 1 is 0.531 bits per heavy atom. The third kappa shape index (κ3) is 7.17. The van der Waals surface area contributed by atoms with Gasteiger partial charge in [-0.25, -0.2) is 0 Å². The maximum atomic E-state index is 5.01. The van der Waals surface area contributed by atoms with Crippen molar-refractivity contribution in [2.45, 2.75) is 52.4 Å². The predicted octanol–water partition coefficient (Wildman–Crippen LogP) is 6.50. The van der Waals surface area contributed by atoms with Crippen LogP contribution < -0.4 is 0 Å². The van der Waals surface area contributed by atoms with Crippen molar-refractivity contribution in [1.29, 1.82) is 0 Å². The highest BCUT2D eigenvalue weighted by Crippen LogP contribution is 2.18. The number of nitrogens with zero attached hydrogens (tertiary/aromatic N) is 4. The molecule has 0 radical (unpaired) electrons. The first kappa shape index (κ1) is 23.9. The summed E-state index contributed by atoms with van der Waals surface area (Å²) in [6.07, 6.45) is 8.34. The first-order chi connectivity index (χ1) is 15.1. The summed E-state index contributed by atoms with van der Waals surface area (Å²) >= 11 is 0. The lowest BCUT2D eigenvalue weighted by molar-refractivity contribution is 0.444. The Labute approximate surface area is 195 Å². The second kappa shape index (κ2) is 10.3. The van der Waals surface area contributed by atoms with Crippen molar-refractivity contribution in [3.63, 3.8) is 0 Å². The van der Waals surface area contributed by atoms with Crippen LogP contribution in [0.3, 0.4) is 0 Å². The monoisotopic (exact) mass is 460 g/mol. The molecule has 0 fully saturated rings. The molecule has 0 aliphatic heterocycles. The van der Waals surface area contributed by atoms with Crippen molar-refractivity contribution in [3.05, 3.63) is 96.1 Å². The molecule has 0 heterocycles. The van der Waals surface area contributed by atoms with Crippen LogP contribution in [0, 0.1) is 0 Å². The molecule has 168 valence electrons. The number of allylic oxidation sites excluding steroid dienone is 4. The van der Waals surface area contributed by atoms with Gasteiger partial charge in [0.05, 0.1) is 24.5 Å². The average Bonchev–Trinajstić information content (AvgIpc) is 2.74. The second-order valence-electron chi connectivity index (χ2n) is 10.1. The van der Waals surface area contributed by atoms with E-state index in [0.29, 0.717) is 0 Å². The molecule has 32 heavy (non-hydrogen) atoms. The van der Waals surface area contributed by atoms with Gasteiger partial charge in [0.25, 0.3) is 0 Å². The highest BCUT2D eigenvalue weighted by Gasteiger charge is 2.25. The molecule has 2 aromatic rings. The fourth-order valence-electron chi connectivity index (χ4n) is 3.22. The molecule has 0 unspecified atom stereocenters. The van der Waals surface area contributed by atoms with Crippen LogP contribution in [0.2, 0.25) is 39.3 Å². The zero-order chi connectivity index (χ0) is 23.2. The molecule has 0 saturated heterocycles. The summed E-state index contributed by atoms with van der Waals surface area (Å²) in [4.78, 5) is 0. The van der Waals surface area contributed by atoms with Crippen molar-refractivity contribution in [2.75, 3.05) is 0 Å². The van der Waals surface area contributed by atoms with Gasteiger partial charge in [-0.1, -0.05) is 99.9 Å². The number of rotatable bonds is 8. The van der Waals surface area contributed by atoms with Gasteiger partial charge in [-0.05, 0) is 35.4 Å². The van der Waals surface area contributed by atoms with Gasteiger partial charge in [-0.15, -0.1) is 0 Å². The molecule has 0 saturated carbocycles. The molecule has 3 rings (SSSR count). The maximum Gasteiger partial charge on any atom is 0.169 e. The zero-order valence-corrected chi connectivity index (χ0v) is 22.3. The molecule has 2 aromatic carbocycles. The number of hydrogen-bond acceptors (Lipinski definition) is 4. The van der Waals surface area contributed by atoms with Crippen LogP contribution in [0.25, 0.3) is 0 Å². The normalized spacial score (nSPS) is 13.8. The molecular weight excluding hydrogens is 424 g/mol. The van der Waals surface area contributed by atoms with E-state index in [1.165, 1.54) is 11.1 Å². The van der Waals surface area contributed by atoms with E-state index in [2.05, 4.69) is 134 Å². The van der Waals surface area contributed by atoms with Crippen molar-refractivity contribution in [2.24, 2.45) is 10.2 Å². The minimum Gasteiger partial charge on any atom is -0.320 e. The van der Waals surface area contributed by atoms with Gasteiger partial charge in [0.15, 0.2) is 16.5 Å². The third-order valence-corrected chi connectivity index (χ3v) is 8.83. The molecule has 6 heteroatoms. The van der Waals surface area contributed by atoms with E-state index in [0.717, 1.165) is 24.5 Å². The Bertz CT molecular complexity index is 898. The quantitative estimate of drug-likeness (QED) is 0.256. The Hall–Kier alpha value is -2.71. The predicted molar refractivity (Wildman–Crippen MR) is 144 cm³/mol.